The summed E-state index contributed by atoms with van der Waals surface area (Å²) in [5.74, 6) is -0.146. The molecular formula is C12H11BrN2OS. The van der Waals surface area contributed by atoms with Gasteiger partial charge in [-0.25, -0.2) is 4.98 Å². The number of nitrogens with zero attached hydrogens (tertiary/aromatic N) is 1. The number of amides is 1. The molecule has 0 aliphatic carbocycles. The third-order valence-corrected chi connectivity index (χ3v) is 3.62. The van der Waals surface area contributed by atoms with Crippen LogP contribution in [0.2, 0.25) is 0 Å². The molecule has 2 rings (SSSR count). The molecule has 0 unspecified atom stereocenters. The van der Waals surface area contributed by atoms with Crippen LogP contribution in [0.4, 0.5) is 0 Å². The van der Waals surface area contributed by atoms with E-state index < -0.39 is 0 Å². The van der Waals surface area contributed by atoms with Crippen molar-refractivity contribution in [1.29, 1.82) is 0 Å². The maximum atomic E-state index is 11.8. The van der Waals surface area contributed by atoms with Crippen LogP contribution in [0.3, 0.4) is 0 Å². The second kappa shape index (κ2) is 5.93. The topological polar surface area (TPSA) is 42.0 Å². The Kier molecular flexibility index (Phi) is 4.28. The normalized spacial score (nSPS) is 10.2. The minimum absolute atomic E-state index is 0.146. The summed E-state index contributed by atoms with van der Waals surface area (Å²) in [4.78, 5) is 15.8. The summed E-state index contributed by atoms with van der Waals surface area (Å²) in [6, 6.07) is 5.65. The monoisotopic (exact) mass is 310 g/mol. The van der Waals surface area contributed by atoms with Crippen LogP contribution in [0.15, 0.2) is 39.6 Å². The van der Waals surface area contributed by atoms with Crippen molar-refractivity contribution in [3.05, 3.63) is 50.9 Å². The van der Waals surface area contributed by atoms with E-state index in [0.717, 1.165) is 6.42 Å². The SMILES string of the molecule is O=C(NCCc1ccsc1)c1ncccc1Br. The third-order valence-electron chi connectivity index (χ3n) is 2.25. The molecule has 0 saturated carbocycles. The van der Waals surface area contributed by atoms with Crippen LogP contribution in [0.25, 0.3) is 0 Å². The maximum absolute atomic E-state index is 11.8. The molecule has 1 amide bonds. The Morgan fingerprint density at radius 2 is 2.35 bits per heavy atom. The lowest BCUT2D eigenvalue weighted by Gasteiger charge is -2.04. The number of pyridine rings is 1. The fourth-order valence-electron chi connectivity index (χ4n) is 1.39. The Morgan fingerprint density at radius 1 is 1.47 bits per heavy atom. The number of halogens is 1. The van der Waals surface area contributed by atoms with Crippen LogP contribution in [0, 0.1) is 0 Å². The molecule has 0 aromatic carbocycles. The van der Waals surface area contributed by atoms with Gasteiger partial charge in [0, 0.05) is 17.2 Å². The van der Waals surface area contributed by atoms with Crippen molar-refractivity contribution < 1.29 is 4.79 Å². The first-order valence-corrected chi connectivity index (χ1v) is 6.91. The maximum Gasteiger partial charge on any atom is 0.271 e. The van der Waals surface area contributed by atoms with Gasteiger partial charge in [0.05, 0.1) is 0 Å². The highest BCUT2D eigenvalue weighted by atomic mass is 79.9. The van der Waals surface area contributed by atoms with Gasteiger partial charge in [0.2, 0.25) is 0 Å². The van der Waals surface area contributed by atoms with E-state index in [-0.39, 0.29) is 5.91 Å². The highest BCUT2D eigenvalue weighted by Gasteiger charge is 2.09. The molecule has 0 fully saturated rings. The minimum atomic E-state index is -0.146. The van der Waals surface area contributed by atoms with Crippen LogP contribution in [0.5, 0.6) is 0 Å². The quantitative estimate of drug-likeness (QED) is 0.943. The lowest BCUT2D eigenvalue weighted by Crippen LogP contribution is -2.26. The van der Waals surface area contributed by atoms with Crippen molar-refractivity contribution in [2.45, 2.75) is 6.42 Å². The van der Waals surface area contributed by atoms with Gasteiger partial charge in [0.25, 0.3) is 5.91 Å². The third kappa shape index (κ3) is 3.38. The second-order valence-electron chi connectivity index (χ2n) is 3.47. The predicted octanol–water partition coefficient (Wildman–Crippen LogP) is 2.88. The standard InChI is InChI=1S/C12H11BrN2OS/c13-10-2-1-5-14-11(10)12(16)15-6-3-9-4-7-17-8-9/h1-2,4-5,7-8H,3,6H2,(H,15,16). The van der Waals surface area contributed by atoms with E-state index in [1.54, 1.807) is 29.7 Å². The predicted molar refractivity (Wildman–Crippen MR) is 72.3 cm³/mol. The molecule has 5 heteroatoms. The van der Waals surface area contributed by atoms with Crippen molar-refractivity contribution >= 4 is 33.2 Å². The fourth-order valence-corrected chi connectivity index (χ4v) is 2.53. The Bertz CT molecular complexity index is 499. The zero-order valence-electron chi connectivity index (χ0n) is 9.02. The Hall–Kier alpha value is -1.20. The first kappa shape index (κ1) is 12.3. The molecular weight excluding hydrogens is 300 g/mol. The van der Waals surface area contributed by atoms with Crippen LogP contribution >= 0.6 is 27.3 Å². The molecule has 0 bridgehead atoms. The average molecular weight is 311 g/mol. The summed E-state index contributed by atoms with van der Waals surface area (Å²) < 4.78 is 0.716. The molecule has 0 saturated heterocycles. The molecule has 2 aromatic rings. The molecule has 0 aliphatic heterocycles. The van der Waals surface area contributed by atoms with Crippen molar-refractivity contribution in [3.63, 3.8) is 0 Å². The second-order valence-corrected chi connectivity index (χ2v) is 5.11. The molecule has 0 spiro atoms. The van der Waals surface area contributed by atoms with Gasteiger partial charge in [-0.2, -0.15) is 11.3 Å². The number of rotatable bonds is 4. The van der Waals surface area contributed by atoms with Gasteiger partial charge in [-0.15, -0.1) is 0 Å². The van der Waals surface area contributed by atoms with Gasteiger partial charge < -0.3 is 5.32 Å². The largest absolute Gasteiger partial charge is 0.350 e. The molecule has 2 heterocycles. The van der Waals surface area contributed by atoms with Crippen molar-refractivity contribution in [2.24, 2.45) is 0 Å². The zero-order chi connectivity index (χ0) is 12.1. The summed E-state index contributed by atoms with van der Waals surface area (Å²) in [6.07, 6.45) is 2.46. The van der Waals surface area contributed by atoms with Gasteiger partial charge in [-0.1, -0.05) is 0 Å². The average Bonchev–Trinajstić information content (AvgIpc) is 2.82. The summed E-state index contributed by atoms with van der Waals surface area (Å²) in [7, 11) is 0. The molecule has 88 valence electrons. The Morgan fingerprint density at radius 3 is 3.06 bits per heavy atom. The lowest BCUT2D eigenvalue weighted by atomic mass is 10.2. The van der Waals surface area contributed by atoms with Crippen molar-refractivity contribution in [3.8, 4) is 0 Å². The number of carbonyl (C=O) groups excluding carboxylic acids is 1. The summed E-state index contributed by atoms with van der Waals surface area (Å²) in [6.45, 7) is 0.624. The van der Waals surface area contributed by atoms with Crippen molar-refractivity contribution in [2.75, 3.05) is 6.54 Å². The number of thiophene rings is 1. The molecule has 1 N–H and O–H groups in total. The van der Waals surface area contributed by atoms with Gasteiger partial charge in [0.15, 0.2) is 0 Å². The summed E-state index contributed by atoms with van der Waals surface area (Å²) in [5, 5.41) is 6.97. The molecule has 0 aliphatic rings. The van der Waals surface area contributed by atoms with E-state index in [0.29, 0.717) is 16.7 Å². The zero-order valence-corrected chi connectivity index (χ0v) is 11.4. The van der Waals surface area contributed by atoms with Gasteiger partial charge in [0.1, 0.15) is 5.69 Å². The van der Waals surface area contributed by atoms with Crippen molar-refractivity contribution in [1.82, 2.24) is 10.3 Å². The number of hydrogen-bond donors (Lipinski definition) is 1. The van der Waals surface area contributed by atoms with E-state index in [1.165, 1.54) is 5.56 Å². The number of carbonyl (C=O) groups is 1. The van der Waals surface area contributed by atoms with Gasteiger partial charge in [-0.05, 0) is 56.9 Å². The molecule has 0 radical (unpaired) electrons. The fraction of sp³-hybridized carbons (Fsp3) is 0.167. The lowest BCUT2D eigenvalue weighted by molar-refractivity contribution is 0.0948. The van der Waals surface area contributed by atoms with E-state index >= 15 is 0 Å². The summed E-state index contributed by atoms with van der Waals surface area (Å²) in [5.41, 5.74) is 1.67. The molecule has 0 atom stereocenters. The minimum Gasteiger partial charge on any atom is -0.350 e. The molecule has 3 nitrogen and oxygen atoms in total. The van der Waals surface area contributed by atoms with Crippen LogP contribution in [-0.2, 0) is 6.42 Å². The van der Waals surface area contributed by atoms with Gasteiger partial charge in [-0.3, -0.25) is 4.79 Å². The van der Waals surface area contributed by atoms with E-state index in [2.05, 4.69) is 37.7 Å². The van der Waals surface area contributed by atoms with Crippen LogP contribution in [-0.4, -0.2) is 17.4 Å². The molecule has 2 aromatic heterocycles. The number of aromatic nitrogens is 1. The van der Waals surface area contributed by atoms with Crippen LogP contribution < -0.4 is 5.32 Å². The highest BCUT2D eigenvalue weighted by Crippen LogP contribution is 2.12. The Balaban J connectivity index is 1.88. The van der Waals surface area contributed by atoms with E-state index in [1.807, 2.05) is 5.38 Å². The smallest absolute Gasteiger partial charge is 0.271 e. The Labute approximate surface area is 112 Å². The van der Waals surface area contributed by atoms with E-state index in [9.17, 15) is 4.79 Å². The first-order valence-electron chi connectivity index (χ1n) is 5.17. The highest BCUT2D eigenvalue weighted by molar-refractivity contribution is 9.10. The first-order chi connectivity index (χ1) is 8.27. The number of nitrogens with one attached hydrogen (secondary N) is 1. The summed E-state index contributed by atoms with van der Waals surface area (Å²) >= 11 is 4.97. The van der Waals surface area contributed by atoms with E-state index in [4.69, 9.17) is 0 Å². The van der Waals surface area contributed by atoms with Gasteiger partial charge >= 0.3 is 0 Å². The van der Waals surface area contributed by atoms with Crippen LogP contribution in [0.1, 0.15) is 16.1 Å². The number of hydrogen-bond acceptors (Lipinski definition) is 3. The molecule has 17 heavy (non-hydrogen) atoms.